The SMILES string of the molecule is COC(=O)/C=C\[C@@H]1OC(C)(C)O[C@@H]1C(=O)O. The molecule has 0 unspecified atom stereocenters. The Morgan fingerprint density at radius 3 is 2.50 bits per heavy atom. The Balaban J connectivity index is 2.74. The second-order valence-electron chi connectivity index (χ2n) is 3.74. The molecule has 0 aromatic rings. The van der Waals surface area contributed by atoms with Crippen molar-refractivity contribution in [2.45, 2.75) is 31.8 Å². The number of hydrogen-bond donors (Lipinski definition) is 1. The molecule has 0 aromatic heterocycles. The fraction of sp³-hybridized carbons (Fsp3) is 0.600. The summed E-state index contributed by atoms with van der Waals surface area (Å²) in [6.45, 7) is 3.21. The van der Waals surface area contributed by atoms with Gasteiger partial charge in [0.15, 0.2) is 11.9 Å². The molecule has 0 aliphatic carbocycles. The Morgan fingerprint density at radius 1 is 1.38 bits per heavy atom. The Labute approximate surface area is 92.8 Å². The third kappa shape index (κ3) is 3.04. The minimum absolute atomic E-state index is 0.572. The van der Waals surface area contributed by atoms with Crippen molar-refractivity contribution >= 4 is 11.9 Å². The summed E-state index contributed by atoms with van der Waals surface area (Å²) in [4.78, 5) is 21.7. The molecule has 1 rings (SSSR count). The van der Waals surface area contributed by atoms with Crippen LogP contribution in [0, 0.1) is 0 Å². The molecule has 90 valence electrons. The van der Waals surface area contributed by atoms with Gasteiger partial charge in [0.25, 0.3) is 0 Å². The molecule has 2 atom stereocenters. The molecule has 1 aliphatic rings. The van der Waals surface area contributed by atoms with Crippen molar-refractivity contribution < 1.29 is 28.9 Å². The number of aliphatic carboxylic acids is 1. The fourth-order valence-corrected chi connectivity index (χ4v) is 1.36. The van der Waals surface area contributed by atoms with E-state index in [1.165, 1.54) is 13.2 Å². The standard InChI is InChI=1S/C10H14O6/c1-10(2)15-6(4-5-7(11)14-3)8(16-10)9(12)13/h4-6,8H,1-3H3,(H,12,13)/b5-4-/t6-,8-/m0/s1. The molecule has 0 amide bonds. The van der Waals surface area contributed by atoms with Gasteiger partial charge in [0, 0.05) is 6.08 Å². The normalized spacial score (nSPS) is 28.2. The van der Waals surface area contributed by atoms with Gasteiger partial charge in [0.1, 0.15) is 6.10 Å². The summed E-state index contributed by atoms with van der Waals surface area (Å²) >= 11 is 0. The number of hydrogen-bond acceptors (Lipinski definition) is 5. The maximum atomic E-state index is 10.9. The van der Waals surface area contributed by atoms with Gasteiger partial charge in [-0.1, -0.05) is 0 Å². The molecule has 1 aliphatic heterocycles. The predicted molar refractivity (Wildman–Crippen MR) is 52.6 cm³/mol. The molecule has 16 heavy (non-hydrogen) atoms. The fourth-order valence-electron chi connectivity index (χ4n) is 1.36. The molecule has 6 heteroatoms. The number of rotatable bonds is 3. The Kier molecular flexibility index (Phi) is 3.66. The minimum atomic E-state index is -1.13. The highest BCUT2D eigenvalue weighted by Crippen LogP contribution is 2.28. The van der Waals surface area contributed by atoms with Crippen LogP contribution < -0.4 is 0 Å². The molecule has 0 bridgehead atoms. The van der Waals surface area contributed by atoms with Gasteiger partial charge in [-0.25, -0.2) is 9.59 Å². The average molecular weight is 230 g/mol. The summed E-state index contributed by atoms with van der Waals surface area (Å²) < 4.78 is 14.9. The Morgan fingerprint density at radius 2 is 2.00 bits per heavy atom. The van der Waals surface area contributed by atoms with Crippen LogP contribution in [-0.2, 0) is 23.8 Å². The number of carbonyl (C=O) groups excluding carboxylic acids is 1. The monoisotopic (exact) mass is 230 g/mol. The third-order valence-electron chi connectivity index (χ3n) is 2.00. The molecule has 0 aromatic carbocycles. The molecule has 0 radical (unpaired) electrons. The maximum absolute atomic E-state index is 10.9. The predicted octanol–water partition coefficient (Wildman–Crippen LogP) is 0.320. The highest BCUT2D eigenvalue weighted by Gasteiger charge is 2.44. The van der Waals surface area contributed by atoms with Crippen molar-refractivity contribution in [3.05, 3.63) is 12.2 Å². The van der Waals surface area contributed by atoms with Gasteiger partial charge in [0.05, 0.1) is 7.11 Å². The Bertz CT molecular complexity index is 319. The summed E-state index contributed by atoms with van der Waals surface area (Å²) in [6, 6.07) is 0. The number of methoxy groups -OCH3 is 1. The highest BCUT2D eigenvalue weighted by molar-refractivity contribution is 5.82. The van der Waals surface area contributed by atoms with E-state index in [-0.39, 0.29) is 0 Å². The average Bonchev–Trinajstić information content (AvgIpc) is 2.50. The van der Waals surface area contributed by atoms with Gasteiger partial charge in [0.2, 0.25) is 0 Å². The first-order chi connectivity index (χ1) is 7.35. The van der Waals surface area contributed by atoms with Gasteiger partial charge >= 0.3 is 11.9 Å². The van der Waals surface area contributed by atoms with Gasteiger partial charge in [-0.15, -0.1) is 0 Å². The molecule has 1 fully saturated rings. The second kappa shape index (κ2) is 4.63. The van der Waals surface area contributed by atoms with E-state index in [1.54, 1.807) is 13.8 Å². The minimum Gasteiger partial charge on any atom is -0.479 e. The lowest BCUT2D eigenvalue weighted by molar-refractivity contribution is -0.165. The first kappa shape index (κ1) is 12.7. The van der Waals surface area contributed by atoms with E-state index >= 15 is 0 Å². The zero-order chi connectivity index (χ0) is 12.3. The smallest absolute Gasteiger partial charge is 0.336 e. The van der Waals surface area contributed by atoms with Crippen molar-refractivity contribution in [3.63, 3.8) is 0 Å². The lowest BCUT2D eigenvalue weighted by Gasteiger charge is -2.15. The molecule has 0 saturated carbocycles. The first-order valence-corrected chi connectivity index (χ1v) is 4.70. The lowest BCUT2D eigenvalue weighted by atomic mass is 10.2. The van der Waals surface area contributed by atoms with Crippen molar-refractivity contribution in [2.75, 3.05) is 7.11 Å². The van der Waals surface area contributed by atoms with Crippen LogP contribution in [-0.4, -0.2) is 42.1 Å². The summed E-state index contributed by atoms with van der Waals surface area (Å²) in [5.74, 6) is -2.68. The van der Waals surface area contributed by atoms with E-state index in [9.17, 15) is 9.59 Å². The van der Waals surface area contributed by atoms with Gasteiger partial charge in [-0.05, 0) is 19.9 Å². The molecule has 1 saturated heterocycles. The highest BCUT2D eigenvalue weighted by atomic mass is 16.8. The first-order valence-electron chi connectivity index (χ1n) is 4.70. The molecule has 1 N–H and O–H groups in total. The van der Waals surface area contributed by atoms with Crippen molar-refractivity contribution in [3.8, 4) is 0 Å². The molecule has 6 nitrogen and oxygen atoms in total. The quantitative estimate of drug-likeness (QED) is 0.555. The zero-order valence-corrected chi connectivity index (χ0v) is 9.30. The topological polar surface area (TPSA) is 82.1 Å². The maximum Gasteiger partial charge on any atom is 0.336 e. The molecule has 1 heterocycles. The van der Waals surface area contributed by atoms with E-state index in [2.05, 4.69) is 4.74 Å². The van der Waals surface area contributed by atoms with Crippen LogP contribution in [0.1, 0.15) is 13.8 Å². The molecular weight excluding hydrogens is 216 g/mol. The molecule has 0 spiro atoms. The number of esters is 1. The number of carbonyl (C=O) groups is 2. The third-order valence-corrected chi connectivity index (χ3v) is 2.00. The van der Waals surface area contributed by atoms with Crippen LogP contribution in [0.2, 0.25) is 0 Å². The number of ether oxygens (including phenoxy) is 3. The van der Waals surface area contributed by atoms with Crippen molar-refractivity contribution in [1.29, 1.82) is 0 Å². The van der Waals surface area contributed by atoms with E-state index in [0.29, 0.717) is 0 Å². The second-order valence-corrected chi connectivity index (χ2v) is 3.74. The van der Waals surface area contributed by atoms with Crippen LogP contribution in [0.3, 0.4) is 0 Å². The van der Waals surface area contributed by atoms with E-state index < -0.39 is 29.9 Å². The molecular formula is C10H14O6. The van der Waals surface area contributed by atoms with Crippen LogP contribution >= 0.6 is 0 Å². The van der Waals surface area contributed by atoms with Crippen LogP contribution in [0.25, 0.3) is 0 Å². The lowest BCUT2D eigenvalue weighted by Crippen LogP contribution is -2.30. The van der Waals surface area contributed by atoms with Crippen LogP contribution in [0.4, 0.5) is 0 Å². The van der Waals surface area contributed by atoms with E-state index in [1.807, 2.05) is 0 Å². The summed E-state index contributed by atoms with van der Waals surface area (Å²) in [7, 11) is 1.23. The van der Waals surface area contributed by atoms with Crippen molar-refractivity contribution in [2.24, 2.45) is 0 Å². The van der Waals surface area contributed by atoms with Gasteiger partial charge in [-0.3, -0.25) is 0 Å². The number of carboxylic acid groups (broad SMARTS) is 1. The van der Waals surface area contributed by atoms with E-state index in [4.69, 9.17) is 14.6 Å². The van der Waals surface area contributed by atoms with Crippen molar-refractivity contribution in [1.82, 2.24) is 0 Å². The van der Waals surface area contributed by atoms with Gasteiger partial charge in [-0.2, -0.15) is 0 Å². The summed E-state index contributed by atoms with van der Waals surface area (Å²) in [6.07, 6.45) is 0.521. The number of carboxylic acids is 1. The zero-order valence-electron chi connectivity index (χ0n) is 9.30. The largest absolute Gasteiger partial charge is 0.479 e. The summed E-state index contributed by atoms with van der Waals surface area (Å²) in [5, 5.41) is 8.88. The summed E-state index contributed by atoms with van der Waals surface area (Å²) in [5.41, 5.74) is 0. The van der Waals surface area contributed by atoms with Crippen LogP contribution in [0.15, 0.2) is 12.2 Å². The van der Waals surface area contributed by atoms with E-state index in [0.717, 1.165) is 6.08 Å². The Hall–Kier alpha value is -1.40. The van der Waals surface area contributed by atoms with Crippen LogP contribution in [0.5, 0.6) is 0 Å². The van der Waals surface area contributed by atoms with Gasteiger partial charge < -0.3 is 19.3 Å².